The first-order valence-electron chi connectivity index (χ1n) is 5.37. The van der Waals surface area contributed by atoms with Gasteiger partial charge in [0.15, 0.2) is 0 Å². The molecule has 0 spiro atoms. The highest BCUT2D eigenvalue weighted by Crippen LogP contribution is 2.27. The molecule has 0 unspecified atom stereocenters. The molecule has 1 aromatic heterocycles. The van der Waals surface area contributed by atoms with E-state index in [-0.39, 0.29) is 0 Å². The van der Waals surface area contributed by atoms with E-state index in [1.807, 2.05) is 30.6 Å². The van der Waals surface area contributed by atoms with E-state index in [2.05, 4.69) is 16.8 Å². The number of rotatable bonds is 5. The third-order valence-corrected chi connectivity index (χ3v) is 3.49. The molecule has 0 bridgehead atoms. The Kier molecular flexibility index (Phi) is 4.42. The summed E-state index contributed by atoms with van der Waals surface area (Å²) in [6, 6.07) is 7.80. The smallest absolute Gasteiger partial charge is 0.125 e. The van der Waals surface area contributed by atoms with E-state index in [1.165, 1.54) is 5.56 Å². The van der Waals surface area contributed by atoms with Crippen molar-refractivity contribution in [1.82, 2.24) is 5.32 Å². The van der Waals surface area contributed by atoms with E-state index < -0.39 is 0 Å². The largest absolute Gasteiger partial charge is 0.488 e. The van der Waals surface area contributed by atoms with Crippen molar-refractivity contribution in [3.63, 3.8) is 0 Å². The van der Waals surface area contributed by atoms with E-state index in [9.17, 15) is 0 Å². The average molecular weight is 268 g/mol. The van der Waals surface area contributed by atoms with Crippen LogP contribution in [0.25, 0.3) is 0 Å². The molecule has 90 valence electrons. The van der Waals surface area contributed by atoms with Crippen molar-refractivity contribution in [1.29, 1.82) is 0 Å². The molecule has 0 amide bonds. The summed E-state index contributed by atoms with van der Waals surface area (Å²) in [5.41, 5.74) is 2.19. The summed E-state index contributed by atoms with van der Waals surface area (Å²) in [5, 5.41) is 7.97. The first-order chi connectivity index (χ1) is 8.31. The number of halogens is 1. The molecule has 1 aromatic carbocycles. The SMILES string of the molecule is CNCc1c(Cl)cccc1OCc1ccsc1. The Balaban J connectivity index is 2.11. The van der Waals surface area contributed by atoms with Gasteiger partial charge in [0.2, 0.25) is 0 Å². The van der Waals surface area contributed by atoms with Gasteiger partial charge in [0.05, 0.1) is 0 Å². The van der Waals surface area contributed by atoms with Gasteiger partial charge >= 0.3 is 0 Å². The van der Waals surface area contributed by atoms with Gasteiger partial charge in [-0.1, -0.05) is 17.7 Å². The van der Waals surface area contributed by atoms with Gasteiger partial charge in [-0.05, 0) is 41.6 Å². The summed E-state index contributed by atoms with van der Waals surface area (Å²) < 4.78 is 5.80. The molecule has 2 aromatic rings. The summed E-state index contributed by atoms with van der Waals surface area (Å²) in [5.74, 6) is 0.845. The molecular formula is C13H14ClNOS. The van der Waals surface area contributed by atoms with Crippen molar-refractivity contribution >= 4 is 22.9 Å². The first kappa shape index (κ1) is 12.4. The van der Waals surface area contributed by atoms with Crippen molar-refractivity contribution in [2.45, 2.75) is 13.2 Å². The standard InChI is InChI=1S/C13H14ClNOS/c1-15-7-11-12(14)3-2-4-13(11)16-8-10-5-6-17-9-10/h2-6,9,15H,7-8H2,1H3. The van der Waals surface area contributed by atoms with Gasteiger partial charge in [0.25, 0.3) is 0 Å². The Bertz CT molecular complexity index is 470. The number of ether oxygens (including phenoxy) is 1. The van der Waals surface area contributed by atoms with Gasteiger partial charge in [-0.3, -0.25) is 0 Å². The van der Waals surface area contributed by atoms with Crippen LogP contribution in [-0.2, 0) is 13.2 Å². The predicted octanol–water partition coefficient (Wildman–Crippen LogP) is 3.70. The Hall–Kier alpha value is -1.03. The molecule has 1 N–H and O–H groups in total. The van der Waals surface area contributed by atoms with Crippen LogP contribution in [-0.4, -0.2) is 7.05 Å². The highest BCUT2D eigenvalue weighted by atomic mass is 35.5. The zero-order valence-corrected chi connectivity index (χ0v) is 11.1. The maximum absolute atomic E-state index is 6.15. The second-order valence-corrected chi connectivity index (χ2v) is 4.85. The second kappa shape index (κ2) is 6.05. The zero-order valence-electron chi connectivity index (χ0n) is 9.57. The lowest BCUT2D eigenvalue weighted by Crippen LogP contribution is -2.08. The fourth-order valence-electron chi connectivity index (χ4n) is 1.56. The van der Waals surface area contributed by atoms with Crippen LogP contribution in [0.15, 0.2) is 35.0 Å². The van der Waals surface area contributed by atoms with Gasteiger partial charge in [0.1, 0.15) is 12.4 Å². The van der Waals surface area contributed by atoms with Gasteiger partial charge in [-0.2, -0.15) is 11.3 Å². The molecule has 1 heterocycles. The summed E-state index contributed by atoms with van der Waals surface area (Å²) >= 11 is 7.82. The zero-order chi connectivity index (χ0) is 12.1. The molecule has 4 heteroatoms. The molecule has 0 aliphatic rings. The van der Waals surface area contributed by atoms with Crippen molar-refractivity contribution in [2.24, 2.45) is 0 Å². The predicted molar refractivity (Wildman–Crippen MR) is 72.9 cm³/mol. The molecule has 0 aliphatic carbocycles. The monoisotopic (exact) mass is 267 g/mol. The summed E-state index contributed by atoms with van der Waals surface area (Å²) in [7, 11) is 1.89. The minimum absolute atomic E-state index is 0.584. The van der Waals surface area contributed by atoms with Crippen molar-refractivity contribution in [3.05, 3.63) is 51.2 Å². The lowest BCUT2D eigenvalue weighted by Gasteiger charge is -2.12. The van der Waals surface area contributed by atoms with Crippen LogP contribution in [0, 0.1) is 0 Å². The van der Waals surface area contributed by atoms with E-state index >= 15 is 0 Å². The number of hydrogen-bond donors (Lipinski definition) is 1. The summed E-state index contributed by atoms with van der Waals surface area (Å²) in [4.78, 5) is 0. The normalized spacial score (nSPS) is 10.5. The van der Waals surface area contributed by atoms with Gasteiger partial charge in [0, 0.05) is 17.1 Å². The Labute approximate surface area is 110 Å². The van der Waals surface area contributed by atoms with Crippen molar-refractivity contribution in [2.75, 3.05) is 7.05 Å². The maximum Gasteiger partial charge on any atom is 0.125 e. The number of hydrogen-bond acceptors (Lipinski definition) is 3. The molecule has 0 aliphatic heterocycles. The molecule has 0 fully saturated rings. The molecular weight excluding hydrogens is 254 g/mol. The topological polar surface area (TPSA) is 21.3 Å². The fraction of sp³-hybridized carbons (Fsp3) is 0.231. The van der Waals surface area contributed by atoms with Crippen LogP contribution in [0.2, 0.25) is 5.02 Å². The van der Waals surface area contributed by atoms with Crippen LogP contribution >= 0.6 is 22.9 Å². The lowest BCUT2D eigenvalue weighted by molar-refractivity contribution is 0.303. The van der Waals surface area contributed by atoms with E-state index in [0.717, 1.165) is 16.3 Å². The first-order valence-corrected chi connectivity index (χ1v) is 6.69. The molecule has 0 saturated heterocycles. The van der Waals surface area contributed by atoms with Crippen LogP contribution in [0.5, 0.6) is 5.75 Å². The van der Waals surface area contributed by atoms with Crippen LogP contribution in [0.3, 0.4) is 0 Å². The molecule has 0 saturated carbocycles. The summed E-state index contributed by atoms with van der Waals surface area (Å²) in [6.07, 6.45) is 0. The minimum Gasteiger partial charge on any atom is -0.488 e. The Morgan fingerprint density at radius 3 is 2.94 bits per heavy atom. The lowest BCUT2D eigenvalue weighted by atomic mass is 10.2. The molecule has 2 nitrogen and oxygen atoms in total. The number of thiophene rings is 1. The Morgan fingerprint density at radius 1 is 1.35 bits per heavy atom. The maximum atomic E-state index is 6.15. The second-order valence-electron chi connectivity index (χ2n) is 3.67. The third-order valence-electron chi connectivity index (χ3n) is 2.40. The van der Waals surface area contributed by atoms with Gasteiger partial charge in [-0.25, -0.2) is 0 Å². The Morgan fingerprint density at radius 2 is 2.24 bits per heavy atom. The number of nitrogens with one attached hydrogen (secondary N) is 1. The van der Waals surface area contributed by atoms with Crippen LogP contribution in [0.1, 0.15) is 11.1 Å². The van der Waals surface area contributed by atoms with Gasteiger partial charge < -0.3 is 10.1 Å². The third kappa shape index (κ3) is 3.22. The van der Waals surface area contributed by atoms with E-state index in [1.54, 1.807) is 11.3 Å². The van der Waals surface area contributed by atoms with E-state index in [4.69, 9.17) is 16.3 Å². The van der Waals surface area contributed by atoms with Crippen LogP contribution < -0.4 is 10.1 Å². The average Bonchev–Trinajstić information content (AvgIpc) is 2.83. The van der Waals surface area contributed by atoms with Crippen molar-refractivity contribution < 1.29 is 4.74 Å². The van der Waals surface area contributed by atoms with E-state index in [0.29, 0.717) is 13.2 Å². The van der Waals surface area contributed by atoms with Gasteiger partial charge in [-0.15, -0.1) is 0 Å². The minimum atomic E-state index is 0.584. The molecule has 0 radical (unpaired) electrons. The summed E-state index contributed by atoms with van der Waals surface area (Å²) in [6.45, 7) is 1.29. The highest BCUT2D eigenvalue weighted by Gasteiger charge is 2.07. The highest BCUT2D eigenvalue weighted by molar-refractivity contribution is 7.07. The quantitative estimate of drug-likeness (QED) is 0.892. The molecule has 0 atom stereocenters. The van der Waals surface area contributed by atoms with Crippen LogP contribution in [0.4, 0.5) is 0 Å². The fourth-order valence-corrected chi connectivity index (χ4v) is 2.44. The number of benzene rings is 1. The van der Waals surface area contributed by atoms with Crippen molar-refractivity contribution in [3.8, 4) is 5.75 Å². The molecule has 2 rings (SSSR count). The molecule has 17 heavy (non-hydrogen) atoms.